The molecular weight excluding hydrogens is 346 g/mol. The number of urea groups is 1. The number of carbonyl (C=O) groups excluding carboxylic acids is 2. The van der Waals surface area contributed by atoms with Crippen LogP contribution < -0.4 is 15.4 Å². The van der Waals surface area contributed by atoms with Crippen molar-refractivity contribution in [3.05, 3.63) is 59.7 Å². The van der Waals surface area contributed by atoms with E-state index in [1.807, 2.05) is 48.5 Å². The molecule has 1 atom stereocenters. The normalized spacial score (nSPS) is 17.9. The zero-order valence-corrected chi connectivity index (χ0v) is 14.8. The van der Waals surface area contributed by atoms with E-state index in [2.05, 4.69) is 10.6 Å². The molecule has 7 heteroatoms. The van der Waals surface area contributed by atoms with Crippen LogP contribution in [-0.4, -0.2) is 42.8 Å². The van der Waals surface area contributed by atoms with Gasteiger partial charge in [-0.1, -0.05) is 30.3 Å². The fourth-order valence-electron chi connectivity index (χ4n) is 3.29. The van der Waals surface area contributed by atoms with Gasteiger partial charge in [0.15, 0.2) is 0 Å². The molecule has 27 heavy (non-hydrogen) atoms. The second-order valence-electron chi connectivity index (χ2n) is 6.62. The van der Waals surface area contributed by atoms with Crippen molar-refractivity contribution in [1.29, 1.82) is 0 Å². The number of anilines is 1. The van der Waals surface area contributed by atoms with Crippen LogP contribution in [0.15, 0.2) is 48.5 Å². The highest BCUT2D eigenvalue weighted by atomic mass is 16.6. The molecule has 1 fully saturated rings. The van der Waals surface area contributed by atoms with Gasteiger partial charge in [-0.05, 0) is 29.3 Å². The highest BCUT2D eigenvalue weighted by molar-refractivity contribution is 5.89. The lowest BCUT2D eigenvalue weighted by molar-refractivity contribution is 0.157. The predicted molar refractivity (Wildman–Crippen MR) is 99.8 cm³/mol. The lowest BCUT2D eigenvalue weighted by atomic mass is 10.1. The Hall–Kier alpha value is -3.22. The molecule has 2 aliphatic heterocycles. The molecule has 2 aromatic rings. The quantitative estimate of drug-likeness (QED) is 0.852. The standard InChI is InChI=1S/C20H21N3O4/c24-19(21-12-17-11-15-5-1-2-7-18(15)27-17)22-16-6-3-4-14(10-16)13-23-8-9-26-20(23)25/h1-7,10,17H,8-9,11-13H2,(H2,21,22,24). The molecule has 140 valence electrons. The molecule has 0 radical (unpaired) electrons. The average molecular weight is 367 g/mol. The molecule has 0 aromatic heterocycles. The Bertz CT molecular complexity index is 830. The minimum atomic E-state index is -0.302. The van der Waals surface area contributed by atoms with Gasteiger partial charge in [0.05, 0.1) is 13.1 Å². The Morgan fingerprint density at radius 3 is 2.89 bits per heavy atom. The van der Waals surface area contributed by atoms with Crippen LogP contribution in [0.2, 0.25) is 0 Å². The van der Waals surface area contributed by atoms with E-state index >= 15 is 0 Å². The Morgan fingerprint density at radius 2 is 2.07 bits per heavy atom. The van der Waals surface area contributed by atoms with E-state index in [0.29, 0.717) is 31.9 Å². The third-order valence-corrected chi connectivity index (χ3v) is 4.61. The second kappa shape index (κ2) is 7.57. The Labute approximate surface area is 157 Å². The van der Waals surface area contributed by atoms with Gasteiger partial charge < -0.3 is 25.0 Å². The fraction of sp³-hybridized carbons (Fsp3) is 0.300. The van der Waals surface area contributed by atoms with E-state index < -0.39 is 0 Å². The molecule has 0 saturated carbocycles. The summed E-state index contributed by atoms with van der Waals surface area (Å²) >= 11 is 0. The maximum Gasteiger partial charge on any atom is 0.410 e. The van der Waals surface area contributed by atoms with Crippen LogP contribution >= 0.6 is 0 Å². The van der Waals surface area contributed by atoms with E-state index in [9.17, 15) is 9.59 Å². The topological polar surface area (TPSA) is 79.9 Å². The first-order valence-electron chi connectivity index (χ1n) is 8.97. The summed E-state index contributed by atoms with van der Waals surface area (Å²) in [5.41, 5.74) is 2.77. The molecule has 1 unspecified atom stereocenters. The summed E-state index contributed by atoms with van der Waals surface area (Å²) in [5, 5.41) is 5.67. The van der Waals surface area contributed by atoms with Gasteiger partial charge in [-0.15, -0.1) is 0 Å². The Kier molecular flexibility index (Phi) is 4.82. The molecule has 0 spiro atoms. The number of amides is 3. The van der Waals surface area contributed by atoms with Gasteiger partial charge >= 0.3 is 12.1 Å². The maximum absolute atomic E-state index is 12.2. The first kappa shape index (κ1) is 17.2. The first-order chi connectivity index (χ1) is 13.2. The minimum Gasteiger partial charge on any atom is -0.488 e. The molecule has 0 aliphatic carbocycles. The van der Waals surface area contributed by atoms with Crippen LogP contribution in [0.25, 0.3) is 0 Å². The van der Waals surface area contributed by atoms with Gasteiger partial charge in [0.2, 0.25) is 0 Å². The zero-order valence-electron chi connectivity index (χ0n) is 14.8. The first-order valence-corrected chi connectivity index (χ1v) is 8.97. The van der Waals surface area contributed by atoms with E-state index in [1.165, 1.54) is 0 Å². The SMILES string of the molecule is O=C(NCC1Cc2ccccc2O1)Nc1cccc(CN2CCOC2=O)c1. The lowest BCUT2D eigenvalue weighted by Gasteiger charge is -2.15. The van der Waals surface area contributed by atoms with Crippen LogP contribution in [-0.2, 0) is 17.7 Å². The van der Waals surface area contributed by atoms with Gasteiger partial charge in [-0.3, -0.25) is 0 Å². The molecule has 2 N–H and O–H groups in total. The van der Waals surface area contributed by atoms with Crippen LogP contribution in [0.3, 0.4) is 0 Å². The van der Waals surface area contributed by atoms with Crippen LogP contribution in [0.4, 0.5) is 15.3 Å². The van der Waals surface area contributed by atoms with Crippen molar-refractivity contribution < 1.29 is 19.1 Å². The molecule has 2 aromatic carbocycles. The summed E-state index contributed by atoms with van der Waals surface area (Å²) < 4.78 is 10.8. The molecule has 4 rings (SSSR count). The van der Waals surface area contributed by atoms with Gasteiger partial charge in [0, 0.05) is 18.7 Å². The smallest absolute Gasteiger partial charge is 0.410 e. The molecule has 1 saturated heterocycles. The van der Waals surface area contributed by atoms with Crippen LogP contribution in [0, 0.1) is 0 Å². The highest BCUT2D eigenvalue weighted by Crippen LogP contribution is 2.27. The maximum atomic E-state index is 12.2. The van der Waals surface area contributed by atoms with Crippen molar-refractivity contribution in [2.24, 2.45) is 0 Å². The van der Waals surface area contributed by atoms with Crippen molar-refractivity contribution in [2.75, 3.05) is 25.0 Å². The van der Waals surface area contributed by atoms with Crippen molar-refractivity contribution in [1.82, 2.24) is 10.2 Å². The third kappa shape index (κ3) is 4.13. The summed E-state index contributed by atoms with van der Waals surface area (Å²) in [7, 11) is 0. The summed E-state index contributed by atoms with van der Waals surface area (Å²) in [5.74, 6) is 0.887. The number of nitrogens with one attached hydrogen (secondary N) is 2. The molecular formula is C20H21N3O4. The second-order valence-corrected chi connectivity index (χ2v) is 6.62. The number of nitrogens with zero attached hydrogens (tertiary/aromatic N) is 1. The predicted octanol–water partition coefficient (Wildman–Crippen LogP) is 2.76. The van der Waals surface area contributed by atoms with Gasteiger partial charge in [-0.2, -0.15) is 0 Å². The van der Waals surface area contributed by atoms with Gasteiger partial charge in [0.1, 0.15) is 18.5 Å². The van der Waals surface area contributed by atoms with Gasteiger partial charge in [-0.25, -0.2) is 9.59 Å². The monoisotopic (exact) mass is 367 g/mol. The number of ether oxygens (including phenoxy) is 2. The lowest BCUT2D eigenvalue weighted by Crippen LogP contribution is -2.37. The van der Waals surface area contributed by atoms with Crippen LogP contribution in [0.1, 0.15) is 11.1 Å². The largest absolute Gasteiger partial charge is 0.488 e. The fourth-order valence-corrected chi connectivity index (χ4v) is 3.29. The van der Waals surface area contributed by atoms with Gasteiger partial charge in [0.25, 0.3) is 0 Å². The number of para-hydroxylation sites is 1. The number of hydrogen-bond donors (Lipinski definition) is 2. The number of cyclic esters (lactones) is 1. The summed E-state index contributed by atoms with van der Waals surface area (Å²) in [4.78, 5) is 25.4. The third-order valence-electron chi connectivity index (χ3n) is 4.61. The minimum absolute atomic E-state index is 0.0549. The van der Waals surface area contributed by atoms with Crippen molar-refractivity contribution >= 4 is 17.8 Å². The van der Waals surface area contributed by atoms with E-state index in [-0.39, 0.29) is 18.2 Å². The van der Waals surface area contributed by atoms with Crippen molar-refractivity contribution in [2.45, 2.75) is 19.1 Å². The number of hydrogen-bond acceptors (Lipinski definition) is 4. The van der Waals surface area contributed by atoms with Crippen LogP contribution in [0.5, 0.6) is 5.75 Å². The summed E-state index contributed by atoms with van der Waals surface area (Å²) in [6.07, 6.45) is 0.432. The van der Waals surface area contributed by atoms with E-state index in [1.54, 1.807) is 4.90 Å². The Morgan fingerprint density at radius 1 is 1.19 bits per heavy atom. The van der Waals surface area contributed by atoms with Crippen molar-refractivity contribution in [3.8, 4) is 5.75 Å². The molecule has 3 amide bonds. The number of carbonyl (C=O) groups is 2. The number of rotatable bonds is 5. The average Bonchev–Trinajstić information content (AvgIpc) is 3.26. The summed E-state index contributed by atoms with van der Waals surface area (Å²) in [6, 6.07) is 15.1. The van der Waals surface area contributed by atoms with E-state index in [0.717, 1.165) is 23.3 Å². The molecule has 2 heterocycles. The van der Waals surface area contributed by atoms with E-state index in [4.69, 9.17) is 9.47 Å². The number of fused-ring (bicyclic) bond motifs is 1. The molecule has 2 aliphatic rings. The molecule has 0 bridgehead atoms. The Balaban J connectivity index is 1.27. The molecule has 7 nitrogen and oxygen atoms in total. The zero-order chi connectivity index (χ0) is 18.6. The highest BCUT2D eigenvalue weighted by Gasteiger charge is 2.23. The van der Waals surface area contributed by atoms with Crippen molar-refractivity contribution in [3.63, 3.8) is 0 Å². The number of benzene rings is 2. The summed E-state index contributed by atoms with van der Waals surface area (Å²) in [6.45, 7) is 1.90.